The molecule has 0 amide bonds. The van der Waals surface area contributed by atoms with Crippen molar-refractivity contribution >= 4 is 11.8 Å². The second-order valence-corrected chi connectivity index (χ2v) is 5.79. The van der Waals surface area contributed by atoms with E-state index in [0.29, 0.717) is 6.04 Å². The van der Waals surface area contributed by atoms with E-state index in [2.05, 4.69) is 54.6 Å². The minimum absolute atomic E-state index is 0.406. The first-order valence-corrected chi connectivity index (χ1v) is 7.43. The molecule has 0 aliphatic rings. The van der Waals surface area contributed by atoms with Gasteiger partial charge in [0.05, 0.1) is 10.7 Å². The third-order valence-electron chi connectivity index (χ3n) is 3.07. The summed E-state index contributed by atoms with van der Waals surface area (Å²) in [5.41, 5.74) is 2.38. The van der Waals surface area contributed by atoms with E-state index < -0.39 is 0 Å². The first-order valence-electron chi connectivity index (χ1n) is 6.62. The van der Waals surface area contributed by atoms with Gasteiger partial charge in [0.2, 0.25) is 0 Å². The third kappa shape index (κ3) is 3.61. The molecule has 2 aromatic rings. The van der Waals surface area contributed by atoms with Crippen molar-refractivity contribution in [2.24, 2.45) is 7.05 Å². The maximum Gasteiger partial charge on any atom is 0.0986 e. The predicted molar refractivity (Wildman–Crippen MR) is 80.6 cm³/mol. The molecule has 0 aliphatic carbocycles. The highest BCUT2D eigenvalue weighted by Gasteiger charge is 2.06. The highest BCUT2D eigenvalue weighted by molar-refractivity contribution is 7.99. The molecule has 102 valence electrons. The minimum Gasteiger partial charge on any atom is -0.310 e. The van der Waals surface area contributed by atoms with Gasteiger partial charge < -0.3 is 5.32 Å². The molecule has 1 heterocycles. The lowest BCUT2D eigenvalue weighted by Crippen LogP contribution is -2.17. The van der Waals surface area contributed by atoms with Crippen molar-refractivity contribution in [3.63, 3.8) is 0 Å². The van der Waals surface area contributed by atoms with E-state index in [9.17, 15) is 0 Å². The fourth-order valence-electron chi connectivity index (χ4n) is 2.05. The number of hydrogen-bond acceptors (Lipinski definition) is 3. The van der Waals surface area contributed by atoms with Crippen LogP contribution in [-0.2, 0) is 7.05 Å². The molecule has 1 atom stereocenters. The highest BCUT2D eigenvalue weighted by Crippen LogP contribution is 2.28. The summed E-state index contributed by atoms with van der Waals surface area (Å²) < 4.78 is 1.93. The highest BCUT2D eigenvalue weighted by atomic mass is 32.2. The van der Waals surface area contributed by atoms with E-state index >= 15 is 0 Å². The van der Waals surface area contributed by atoms with E-state index in [-0.39, 0.29) is 0 Å². The summed E-state index contributed by atoms with van der Waals surface area (Å²) in [5.74, 6) is 0. The Labute approximate surface area is 119 Å². The SMILES string of the molecule is CCNC(C)c1ccc(Sc2cc(C)nn2C)cc1. The summed E-state index contributed by atoms with van der Waals surface area (Å²) in [7, 11) is 1.98. The van der Waals surface area contributed by atoms with Gasteiger partial charge in [0, 0.05) is 18.0 Å². The van der Waals surface area contributed by atoms with Crippen LogP contribution in [0.15, 0.2) is 40.3 Å². The molecule has 1 aromatic heterocycles. The van der Waals surface area contributed by atoms with Gasteiger partial charge in [-0.2, -0.15) is 5.10 Å². The molecule has 0 saturated carbocycles. The quantitative estimate of drug-likeness (QED) is 0.905. The van der Waals surface area contributed by atoms with E-state index in [0.717, 1.165) is 12.2 Å². The van der Waals surface area contributed by atoms with Gasteiger partial charge in [0.15, 0.2) is 0 Å². The van der Waals surface area contributed by atoms with Gasteiger partial charge in [0.25, 0.3) is 0 Å². The normalized spacial score (nSPS) is 12.6. The smallest absolute Gasteiger partial charge is 0.0986 e. The maximum atomic E-state index is 4.36. The Morgan fingerprint density at radius 2 is 2.00 bits per heavy atom. The predicted octanol–water partition coefficient (Wildman–Crippen LogP) is 3.55. The van der Waals surface area contributed by atoms with Crippen LogP contribution in [0.5, 0.6) is 0 Å². The average Bonchev–Trinajstić information content (AvgIpc) is 2.69. The number of hydrogen-bond donors (Lipinski definition) is 1. The van der Waals surface area contributed by atoms with Crippen LogP contribution in [-0.4, -0.2) is 16.3 Å². The largest absolute Gasteiger partial charge is 0.310 e. The van der Waals surface area contributed by atoms with Gasteiger partial charge in [-0.3, -0.25) is 4.68 Å². The summed E-state index contributed by atoms with van der Waals surface area (Å²) in [6.07, 6.45) is 0. The molecule has 0 bridgehead atoms. The molecule has 4 heteroatoms. The minimum atomic E-state index is 0.406. The average molecular weight is 275 g/mol. The number of benzene rings is 1. The summed E-state index contributed by atoms with van der Waals surface area (Å²) >= 11 is 1.75. The van der Waals surface area contributed by atoms with Crippen LogP contribution in [0.4, 0.5) is 0 Å². The van der Waals surface area contributed by atoms with E-state index in [4.69, 9.17) is 0 Å². The Kier molecular flexibility index (Phi) is 4.66. The van der Waals surface area contributed by atoms with E-state index in [1.165, 1.54) is 15.5 Å². The summed E-state index contributed by atoms with van der Waals surface area (Å²) in [5, 5.41) is 8.96. The lowest BCUT2D eigenvalue weighted by Gasteiger charge is -2.13. The second kappa shape index (κ2) is 6.26. The summed E-state index contributed by atoms with van der Waals surface area (Å²) in [6.45, 7) is 7.33. The van der Waals surface area contributed by atoms with Crippen LogP contribution in [0, 0.1) is 6.92 Å². The van der Waals surface area contributed by atoms with Crippen LogP contribution in [0.25, 0.3) is 0 Å². The number of nitrogens with one attached hydrogen (secondary N) is 1. The number of aromatic nitrogens is 2. The molecular weight excluding hydrogens is 254 g/mol. The van der Waals surface area contributed by atoms with Gasteiger partial charge >= 0.3 is 0 Å². The Bertz CT molecular complexity index is 531. The Morgan fingerprint density at radius 1 is 1.32 bits per heavy atom. The van der Waals surface area contributed by atoms with Crippen LogP contribution in [0.3, 0.4) is 0 Å². The van der Waals surface area contributed by atoms with Crippen molar-refractivity contribution in [3.8, 4) is 0 Å². The summed E-state index contributed by atoms with van der Waals surface area (Å²) in [6, 6.07) is 11.3. The van der Waals surface area contributed by atoms with Crippen LogP contribution in [0.2, 0.25) is 0 Å². The molecular formula is C15H21N3S. The molecule has 0 spiro atoms. The molecule has 1 N–H and O–H groups in total. The van der Waals surface area contributed by atoms with E-state index in [1.54, 1.807) is 11.8 Å². The maximum absolute atomic E-state index is 4.36. The van der Waals surface area contributed by atoms with E-state index in [1.807, 2.05) is 18.7 Å². The van der Waals surface area contributed by atoms with Gasteiger partial charge in [-0.25, -0.2) is 0 Å². The zero-order chi connectivity index (χ0) is 13.8. The second-order valence-electron chi connectivity index (χ2n) is 4.70. The monoisotopic (exact) mass is 275 g/mol. The molecule has 2 rings (SSSR count). The molecule has 0 aliphatic heterocycles. The Morgan fingerprint density at radius 3 is 2.53 bits per heavy atom. The lowest BCUT2D eigenvalue weighted by atomic mass is 10.1. The van der Waals surface area contributed by atoms with Crippen LogP contribution < -0.4 is 5.32 Å². The van der Waals surface area contributed by atoms with Crippen molar-refractivity contribution in [2.75, 3.05) is 6.54 Å². The van der Waals surface area contributed by atoms with Gasteiger partial charge in [0.1, 0.15) is 0 Å². The van der Waals surface area contributed by atoms with Crippen molar-refractivity contribution in [3.05, 3.63) is 41.6 Å². The van der Waals surface area contributed by atoms with Gasteiger partial charge in [-0.1, -0.05) is 30.8 Å². The molecule has 0 saturated heterocycles. The van der Waals surface area contributed by atoms with Crippen LogP contribution >= 0.6 is 11.8 Å². The van der Waals surface area contributed by atoms with Crippen molar-refractivity contribution in [1.82, 2.24) is 15.1 Å². The molecule has 19 heavy (non-hydrogen) atoms. The van der Waals surface area contributed by atoms with Crippen molar-refractivity contribution < 1.29 is 0 Å². The fraction of sp³-hybridized carbons (Fsp3) is 0.400. The lowest BCUT2D eigenvalue weighted by molar-refractivity contribution is 0.598. The molecule has 3 nitrogen and oxygen atoms in total. The van der Waals surface area contributed by atoms with Gasteiger partial charge in [-0.05, 0) is 44.2 Å². The first kappa shape index (κ1) is 14.2. The number of rotatable bonds is 5. The topological polar surface area (TPSA) is 29.9 Å². The molecule has 1 aromatic carbocycles. The molecule has 1 unspecified atom stereocenters. The summed E-state index contributed by atoms with van der Waals surface area (Å²) in [4.78, 5) is 1.25. The third-order valence-corrected chi connectivity index (χ3v) is 4.17. The molecule has 0 fully saturated rings. The number of aryl methyl sites for hydroxylation is 2. The molecule has 0 radical (unpaired) electrons. The fourth-order valence-corrected chi connectivity index (χ4v) is 2.97. The van der Waals surface area contributed by atoms with Crippen LogP contribution in [0.1, 0.15) is 31.1 Å². The zero-order valence-corrected chi connectivity index (χ0v) is 12.8. The van der Waals surface area contributed by atoms with Gasteiger partial charge in [-0.15, -0.1) is 0 Å². The standard InChI is InChI=1S/C15H21N3S/c1-5-16-12(3)13-6-8-14(9-7-13)19-15-10-11(2)17-18(15)4/h6-10,12,16H,5H2,1-4H3. The Hall–Kier alpha value is -1.26. The zero-order valence-electron chi connectivity index (χ0n) is 12.0. The number of nitrogens with zero attached hydrogens (tertiary/aromatic N) is 2. The van der Waals surface area contributed by atoms with Crippen molar-refractivity contribution in [1.29, 1.82) is 0 Å². The Balaban J connectivity index is 2.08. The first-order chi connectivity index (χ1) is 9.10. The van der Waals surface area contributed by atoms with Crippen molar-refractivity contribution in [2.45, 2.75) is 36.7 Å².